The van der Waals surface area contributed by atoms with Crippen LogP contribution in [0, 0.1) is 19.7 Å². The molecule has 0 aliphatic carbocycles. The lowest BCUT2D eigenvalue weighted by Crippen LogP contribution is -2.24. The average molecular weight is 446 g/mol. The predicted molar refractivity (Wildman–Crippen MR) is 121 cm³/mol. The van der Waals surface area contributed by atoms with Gasteiger partial charge in [-0.3, -0.25) is 19.7 Å². The third-order valence-corrected chi connectivity index (χ3v) is 5.09. The Balaban J connectivity index is 1.76. The van der Waals surface area contributed by atoms with Crippen molar-refractivity contribution in [2.75, 3.05) is 0 Å². The normalized spacial score (nSPS) is 11.1. The second-order valence-corrected chi connectivity index (χ2v) is 8.09. The summed E-state index contributed by atoms with van der Waals surface area (Å²) in [6.07, 6.45) is 6.28. The van der Waals surface area contributed by atoms with Crippen molar-refractivity contribution in [2.24, 2.45) is 0 Å². The van der Waals surface area contributed by atoms with Gasteiger partial charge in [0.2, 0.25) is 0 Å². The molecule has 0 unspecified atom stereocenters. The van der Waals surface area contributed by atoms with Crippen LogP contribution in [0.25, 0.3) is 16.9 Å². The molecule has 0 aliphatic heterocycles. The SMILES string of the molecule is Cc1ccc(-c2cc(C(=O)NCc3cnc(C)cn3)cc(-n3ncnc3C(C)C)c2F)nc1. The van der Waals surface area contributed by atoms with Crippen molar-refractivity contribution >= 4 is 5.91 Å². The second-order valence-electron chi connectivity index (χ2n) is 8.09. The fourth-order valence-electron chi connectivity index (χ4n) is 3.32. The van der Waals surface area contributed by atoms with Crippen LogP contribution in [-0.4, -0.2) is 35.6 Å². The predicted octanol–water partition coefficient (Wildman–Crippen LogP) is 3.93. The van der Waals surface area contributed by atoms with Crippen molar-refractivity contribution < 1.29 is 9.18 Å². The van der Waals surface area contributed by atoms with Gasteiger partial charge in [-0.2, -0.15) is 5.10 Å². The van der Waals surface area contributed by atoms with Gasteiger partial charge in [0.1, 0.15) is 17.8 Å². The highest BCUT2D eigenvalue weighted by Gasteiger charge is 2.21. The molecule has 4 aromatic rings. The molecule has 0 radical (unpaired) electrons. The van der Waals surface area contributed by atoms with Crippen molar-refractivity contribution in [2.45, 2.75) is 40.2 Å². The van der Waals surface area contributed by atoms with E-state index in [2.05, 4.69) is 30.4 Å². The molecular formula is C24H24FN7O. The molecule has 0 saturated heterocycles. The zero-order chi connectivity index (χ0) is 23.5. The van der Waals surface area contributed by atoms with E-state index in [-0.39, 0.29) is 35.2 Å². The van der Waals surface area contributed by atoms with Crippen molar-refractivity contribution in [3.05, 3.63) is 83.3 Å². The number of benzene rings is 1. The van der Waals surface area contributed by atoms with Gasteiger partial charge in [-0.25, -0.2) is 14.1 Å². The molecule has 4 rings (SSSR count). The molecule has 0 bridgehead atoms. The Labute approximate surface area is 191 Å². The number of aromatic nitrogens is 6. The fraction of sp³-hybridized carbons (Fsp3) is 0.250. The Morgan fingerprint density at radius 2 is 1.88 bits per heavy atom. The largest absolute Gasteiger partial charge is 0.346 e. The van der Waals surface area contributed by atoms with Gasteiger partial charge in [0.25, 0.3) is 5.91 Å². The Kier molecular flexibility index (Phi) is 6.21. The number of carbonyl (C=O) groups is 1. The summed E-state index contributed by atoms with van der Waals surface area (Å²) < 4.78 is 17.1. The molecule has 1 aromatic carbocycles. The minimum Gasteiger partial charge on any atom is -0.346 e. The van der Waals surface area contributed by atoms with Crippen LogP contribution in [0.3, 0.4) is 0 Å². The molecular weight excluding hydrogens is 421 g/mol. The molecule has 3 aromatic heterocycles. The number of rotatable bonds is 6. The van der Waals surface area contributed by atoms with E-state index in [0.717, 1.165) is 11.3 Å². The van der Waals surface area contributed by atoms with Crippen LogP contribution < -0.4 is 5.32 Å². The van der Waals surface area contributed by atoms with E-state index in [0.29, 0.717) is 17.2 Å². The van der Waals surface area contributed by atoms with Gasteiger partial charge in [-0.05, 0) is 37.6 Å². The summed E-state index contributed by atoms with van der Waals surface area (Å²) in [4.78, 5) is 30.1. The summed E-state index contributed by atoms with van der Waals surface area (Å²) in [5, 5.41) is 7.04. The van der Waals surface area contributed by atoms with E-state index in [4.69, 9.17) is 0 Å². The van der Waals surface area contributed by atoms with Crippen LogP contribution in [0.1, 0.15) is 52.9 Å². The highest BCUT2D eigenvalue weighted by atomic mass is 19.1. The van der Waals surface area contributed by atoms with Crippen molar-refractivity contribution in [3.8, 4) is 16.9 Å². The molecule has 0 saturated carbocycles. The molecule has 1 amide bonds. The minimum absolute atomic E-state index is 0.00504. The first-order valence-electron chi connectivity index (χ1n) is 10.6. The fourth-order valence-corrected chi connectivity index (χ4v) is 3.32. The van der Waals surface area contributed by atoms with E-state index in [9.17, 15) is 4.79 Å². The quantitative estimate of drug-likeness (QED) is 0.483. The summed E-state index contributed by atoms with van der Waals surface area (Å²) >= 11 is 0. The molecule has 0 fully saturated rings. The zero-order valence-corrected chi connectivity index (χ0v) is 18.9. The van der Waals surface area contributed by atoms with Crippen LogP contribution in [0.5, 0.6) is 0 Å². The highest BCUT2D eigenvalue weighted by Crippen LogP contribution is 2.29. The molecule has 0 aliphatic rings. The minimum atomic E-state index is -0.528. The summed E-state index contributed by atoms with van der Waals surface area (Å²) in [5.74, 6) is -0.312. The van der Waals surface area contributed by atoms with Crippen molar-refractivity contribution in [3.63, 3.8) is 0 Å². The van der Waals surface area contributed by atoms with Gasteiger partial charge >= 0.3 is 0 Å². The zero-order valence-electron chi connectivity index (χ0n) is 18.9. The third kappa shape index (κ3) is 4.77. The Bertz CT molecular complexity index is 1280. The molecule has 33 heavy (non-hydrogen) atoms. The third-order valence-electron chi connectivity index (χ3n) is 5.09. The molecule has 0 spiro atoms. The van der Waals surface area contributed by atoms with E-state index in [1.807, 2.05) is 33.8 Å². The van der Waals surface area contributed by atoms with E-state index in [1.165, 1.54) is 23.1 Å². The number of amides is 1. The molecule has 8 nitrogen and oxygen atoms in total. The highest BCUT2D eigenvalue weighted by molar-refractivity contribution is 5.96. The first-order chi connectivity index (χ1) is 15.8. The number of pyridine rings is 1. The topological polar surface area (TPSA) is 98.5 Å². The maximum absolute atomic E-state index is 15.7. The van der Waals surface area contributed by atoms with Crippen LogP contribution in [0.15, 0.2) is 49.2 Å². The van der Waals surface area contributed by atoms with Gasteiger partial charge in [0.15, 0.2) is 5.82 Å². The molecule has 168 valence electrons. The summed E-state index contributed by atoms with van der Waals surface area (Å²) in [5.41, 5.74) is 3.39. The van der Waals surface area contributed by atoms with Crippen molar-refractivity contribution in [1.82, 2.24) is 35.0 Å². The first-order valence-corrected chi connectivity index (χ1v) is 10.6. The monoisotopic (exact) mass is 445 g/mol. The van der Waals surface area contributed by atoms with E-state index in [1.54, 1.807) is 24.7 Å². The maximum atomic E-state index is 15.7. The van der Waals surface area contributed by atoms with Gasteiger partial charge in [-0.15, -0.1) is 0 Å². The second kappa shape index (κ2) is 9.23. The van der Waals surface area contributed by atoms with Gasteiger partial charge in [-0.1, -0.05) is 19.9 Å². The van der Waals surface area contributed by atoms with Gasteiger partial charge < -0.3 is 5.32 Å². The number of hydrogen-bond acceptors (Lipinski definition) is 6. The molecule has 3 heterocycles. The number of nitrogens with zero attached hydrogens (tertiary/aromatic N) is 6. The number of halogens is 1. The lowest BCUT2D eigenvalue weighted by molar-refractivity contribution is 0.0950. The van der Waals surface area contributed by atoms with Crippen LogP contribution >= 0.6 is 0 Å². The smallest absolute Gasteiger partial charge is 0.251 e. The van der Waals surface area contributed by atoms with Gasteiger partial charge in [0, 0.05) is 29.4 Å². The van der Waals surface area contributed by atoms with Crippen LogP contribution in [0.4, 0.5) is 4.39 Å². The summed E-state index contributed by atoms with van der Waals surface area (Å²) in [6.45, 7) is 7.82. The van der Waals surface area contributed by atoms with Crippen molar-refractivity contribution in [1.29, 1.82) is 0 Å². The van der Waals surface area contributed by atoms with Gasteiger partial charge in [0.05, 0.1) is 29.8 Å². The first kappa shape index (κ1) is 22.2. The number of carbonyl (C=O) groups excluding carboxylic acids is 1. The maximum Gasteiger partial charge on any atom is 0.251 e. The summed E-state index contributed by atoms with van der Waals surface area (Å²) in [7, 11) is 0. The number of hydrogen-bond donors (Lipinski definition) is 1. The van der Waals surface area contributed by atoms with Crippen LogP contribution in [0.2, 0.25) is 0 Å². The lowest BCUT2D eigenvalue weighted by atomic mass is 10.0. The van der Waals surface area contributed by atoms with Crippen LogP contribution in [-0.2, 0) is 6.54 Å². The lowest BCUT2D eigenvalue weighted by Gasteiger charge is -2.14. The number of nitrogens with one attached hydrogen (secondary N) is 1. The Morgan fingerprint density at radius 3 is 2.55 bits per heavy atom. The van der Waals surface area contributed by atoms with E-state index >= 15 is 4.39 Å². The Morgan fingerprint density at radius 1 is 1.06 bits per heavy atom. The Hall–Kier alpha value is -4.01. The average Bonchev–Trinajstić information content (AvgIpc) is 3.29. The number of aryl methyl sites for hydroxylation is 2. The molecule has 1 N–H and O–H groups in total. The molecule has 9 heteroatoms. The molecule has 0 atom stereocenters. The standard InChI is InChI=1S/C24H24FN7O/c1-14(2)23-30-13-31-32(23)21-8-17(24(33)29-12-18-11-26-16(4)10-27-18)7-19(22(21)25)20-6-5-15(3)9-28-20/h5-11,13-14H,12H2,1-4H3,(H,29,33). The summed E-state index contributed by atoms with van der Waals surface area (Å²) in [6, 6.07) is 6.55. The van der Waals surface area contributed by atoms with E-state index < -0.39 is 5.82 Å².